The quantitative estimate of drug-likeness (QED) is 0.587. The molecule has 0 unspecified atom stereocenters. The van der Waals surface area contributed by atoms with Crippen molar-refractivity contribution >= 4 is 11.9 Å². The predicted octanol–water partition coefficient (Wildman–Crippen LogP) is 0.0186. The molecule has 0 N–H and O–H groups in total. The highest BCUT2D eigenvalue weighted by Crippen LogP contribution is 2.80. The minimum atomic E-state index is -0.968. The summed E-state index contributed by atoms with van der Waals surface area (Å²) >= 11 is 0. The van der Waals surface area contributed by atoms with Gasteiger partial charge in [0, 0.05) is 23.0 Å². The van der Waals surface area contributed by atoms with E-state index in [0.717, 1.165) is 11.1 Å². The van der Waals surface area contributed by atoms with Crippen LogP contribution in [0.2, 0.25) is 0 Å². The third kappa shape index (κ3) is 0.633. The van der Waals surface area contributed by atoms with Crippen LogP contribution in [0.1, 0.15) is 13.8 Å². The van der Waals surface area contributed by atoms with Crippen molar-refractivity contribution in [2.24, 2.45) is 11.8 Å². The predicted molar refractivity (Wildman–Crippen MR) is 67.3 cm³/mol. The summed E-state index contributed by atoms with van der Waals surface area (Å²) in [6.07, 6.45) is -0.742. The molecule has 3 saturated heterocycles. The van der Waals surface area contributed by atoms with Crippen LogP contribution in [0, 0.1) is 11.8 Å². The average molecular weight is 300 g/mol. The number of carbonyl (C=O) groups is 2. The first-order valence-corrected chi connectivity index (χ1v) is 7.74. The molecular formula is C16H12O6. The highest BCUT2D eigenvalue weighted by atomic mass is 16.7. The summed E-state index contributed by atoms with van der Waals surface area (Å²) in [5.41, 5.74) is 1.45. The van der Waals surface area contributed by atoms with E-state index in [2.05, 4.69) is 0 Å². The van der Waals surface area contributed by atoms with Gasteiger partial charge in [0.1, 0.15) is 12.2 Å². The molecule has 5 heterocycles. The Morgan fingerprint density at radius 2 is 1.18 bits per heavy atom. The summed E-state index contributed by atoms with van der Waals surface area (Å²) in [6, 6.07) is 0. The van der Waals surface area contributed by atoms with Gasteiger partial charge in [-0.2, -0.15) is 0 Å². The minimum absolute atomic E-state index is 0.0203. The van der Waals surface area contributed by atoms with Gasteiger partial charge in [0.05, 0.1) is 12.2 Å². The first-order chi connectivity index (χ1) is 10.5. The maximum absolute atomic E-state index is 12.3. The van der Waals surface area contributed by atoms with E-state index in [1.807, 2.05) is 13.8 Å². The molecule has 6 nitrogen and oxygen atoms in total. The molecule has 2 spiro atoms. The molecule has 3 aliphatic carbocycles. The number of rotatable bonds is 0. The van der Waals surface area contributed by atoms with E-state index >= 15 is 0 Å². The van der Waals surface area contributed by atoms with Gasteiger partial charge >= 0.3 is 11.9 Å². The zero-order chi connectivity index (χ0) is 14.8. The van der Waals surface area contributed by atoms with E-state index in [-0.39, 0.29) is 48.2 Å². The van der Waals surface area contributed by atoms with Crippen molar-refractivity contribution in [3.8, 4) is 0 Å². The Kier molecular flexibility index (Phi) is 1.28. The Morgan fingerprint density at radius 1 is 0.773 bits per heavy atom. The molecule has 0 amide bonds. The lowest BCUT2D eigenvalue weighted by Crippen LogP contribution is -2.97. The monoisotopic (exact) mass is 300 g/mol. The highest BCUT2D eigenvalue weighted by molar-refractivity contribution is 5.99. The molecule has 8 bridgehead atoms. The molecule has 5 aliphatic heterocycles. The van der Waals surface area contributed by atoms with Gasteiger partial charge in [-0.15, -0.1) is 0 Å². The van der Waals surface area contributed by atoms with Crippen molar-refractivity contribution in [1.29, 1.82) is 0 Å². The molecule has 6 heteroatoms. The normalized spacial score (nSPS) is 60.8. The smallest absolute Gasteiger partial charge is 0.334 e. The number of carbonyl (C=O) groups excluding carboxylic acids is 2. The third-order valence-corrected chi connectivity index (χ3v) is 7.05. The second kappa shape index (κ2) is 2.57. The highest BCUT2D eigenvalue weighted by Gasteiger charge is 2.96. The van der Waals surface area contributed by atoms with Crippen molar-refractivity contribution in [2.45, 2.75) is 49.5 Å². The van der Waals surface area contributed by atoms with Crippen LogP contribution in [-0.2, 0) is 28.5 Å². The summed E-state index contributed by atoms with van der Waals surface area (Å²) in [6.45, 7) is 3.64. The molecule has 0 aromatic heterocycles. The fraction of sp³-hybridized carbons (Fsp3) is 0.625. The van der Waals surface area contributed by atoms with Crippen LogP contribution in [0.4, 0.5) is 0 Å². The Labute approximate surface area is 125 Å². The van der Waals surface area contributed by atoms with Gasteiger partial charge in [-0.1, -0.05) is 0 Å². The molecule has 112 valence electrons. The van der Waals surface area contributed by atoms with Crippen molar-refractivity contribution in [3.63, 3.8) is 0 Å². The van der Waals surface area contributed by atoms with Crippen LogP contribution < -0.4 is 0 Å². The van der Waals surface area contributed by atoms with Gasteiger partial charge in [-0.3, -0.25) is 0 Å². The number of esters is 2. The number of ether oxygens (including phenoxy) is 4. The van der Waals surface area contributed by atoms with Crippen molar-refractivity contribution in [3.05, 3.63) is 22.3 Å². The molecule has 8 aliphatic rings. The van der Waals surface area contributed by atoms with Gasteiger partial charge in [-0.05, 0) is 25.0 Å². The topological polar surface area (TPSA) is 71.1 Å². The Morgan fingerprint density at radius 3 is 1.59 bits per heavy atom. The zero-order valence-corrected chi connectivity index (χ0v) is 11.9. The van der Waals surface area contributed by atoms with Crippen molar-refractivity contribution in [1.82, 2.24) is 0 Å². The Hall–Kier alpha value is -1.66. The van der Waals surface area contributed by atoms with Crippen LogP contribution in [-0.4, -0.2) is 47.6 Å². The first kappa shape index (κ1) is 11.0. The lowest BCUT2D eigenvalue weighted by atomic mass is 9.36. The second-order valence-corrected chi connectivity index (χ2v) is 7.42. The molecule has 0 aromatic carbocycles. The van der Waals surface area contributed by atoms with E-state index < -0.39 is 11.2 Å². The van der Waals surface area contributed by atoms with Crippen molar-refractivity contribution in [2.75, 3.05) is 0 Å². The summed E-state index contributed by atoms with van der Waals surface area (Å²) in [7, 11) is 0. The fourth-order valence-electron chi connectivity index (χ4n) is 6.41. The largest absolute Gasteiger partial charge is 0.443 e. The second-order valence-electron chi connectivity index (χ2n) is 7.42. The molecule has 0 radical (unpaired) electrons. The standard InChI is InChI=1S/C16H12O6/c1-3-7-5-6-8-4(2)14(18)22-16(8)12-11(15(7,16)21-13(3)17)19-9(5)10(6)20-12/h5-6,9-12H,1-2H3/t5-,6+,9+,10-,11+,12-,15-,16+. The maximum atomic E-state index is 12.3. The van der Waals surface area contributed by atoms with Crippen LogP contribution in [0.5, 0.6) is 0 Å². The van der Waals surface area contributed by atoms with Crippen LogP contribution in [0.3, 0.4) is 0 Å². The average Bonchev–Trinajstić information content (AvgIpc) is 2.88. The lowest BCUT2D eigenvalue weighted by molar-refractivity contribution is -0.459. The zero-order valence-electron chi connectivity index (χ0n) is 11.9. The van der Waals surface area contributed by atoms with Gasteiger partial charge in [0.25, 0.3) is 0 Å². The fourth-order valence-corrected chi connectivity index (χ4v) is 6.41. The van der Waals surface area contributed by atoms with Gasteiger partial charge in [-0.25, -0.2) is 9.59 Å². The molecule has 3 saturated carbocycles. The van der Waals surface area contributed by atoms with E-state index in [4.69, 9.17) is 18.9 Å². The molecule has 6 fully saturated rings. The molecule has 22 heavy (non-hydrogen) atoms. The molecule has 8 rings (SSSR count). The Balaban J connectivity index is 1.65. The minimum Gasteiger partial charge on any atom is -0.443 e. The molecule has 0 aromatic rings. The summed E-state index contributed by atoms with van der Waals surface area (Å²) in [5.74, 6) is -0.455. The van der Waals surface area contributed by atoms with E-state index in [1.165, 1.54) is 0 Å². The van der Waals surface area contributed by atoms with Crippen LogP contribution >= 0.6 is 0 Å². The molecular weight excluding hydrogens is 288 g/mol. The third-order valence-electron chi connectivity index (χ3n) is 7.05. The summed E-state index contributed by atoms with van der Waals surface area (Å²) < 4.78 is 24.0. The van der Waals surface area contributed by atoms with Crippen LogP contribution in [0.15, 0.2) is 22.3 Å². The van der Waals surface area contributed by atoms with E-state index in [9.17, 15) is 9.59 Å². The number of hydrogen-bond donors (Lipinski definition) is 0. The maximum Gasteiger partial charge on any atom is 0.334 e. The molecule has 8 atom stereocenters. The summed E-state index contributed by atoms with van der Waals surface area (Å²) in [5, 5.41) is 0. The van der Waals surface area contributed by atoms with E-state index in [0.29, 0.717) is 11.1 Å². The van der Waals surface area contributed by atoms with Gasteiger partial charge in [0.2, 0.25) is 11.2 Å². The SMILES string of the molecule is CC1=C2[C@@H]3[C@@H]4O[C@H]5[C@H]6O[C@@H]4[C@@H]3C3=C(C)C(=O)O[C@@]36[C@@]25OC1=O. The lowest BCUT2D eigenvalue weighted by Gasteiger charge is -2.80. The van der Waals surface area contributed by atoms with Gasteiger partial charge < -0.3 is 18.9 Å². The summed E-state index contributed by atoms with van der Waals surface area (Å²) in [4.78, 5) is 24.6. The van der Waals surface area contributed by atoms with E-state index in [1.54, 1.807) is 0 Å². The Bertz CT molecular complexity index is 754. The van der Waals surface area contributed by atoms with Gasteiger partial charge in [0.15, 0.2) is 0 Å². The van der Waals surface area contributed by atoms with Crippen LogP contribution in [0.25, 0.3) is 0 Å². The number of hydrogen-bond acceptors (Lipinski definition) is 6. The first-order valence-electron chi connectivity index (χ1n) is 7.74. The van der Waals surface area contributed by atoms with Crippen molar-refractivity contribution < 1.29 is 28.5 Å².